The van der Waals surface area contributed by atoms with Crippen LogP contribution < -0.4 is 4.72 Å². The first-order valence-electron chi connectivity index (χ1n) is 13.4. The molecule has 0 saturated carbocycles. The lowest BCUT2D eigenvalue weighted by atomic mass is 9.91. The number of benzene rings is 4. The maximum absolute atomic E-state index is 12.9. The second kappa shape index (κ2) is 13.1. The second-order valence-electron chi connectivity index (χ2n) is 10.0. The highest BCUT2D eigenvalue weighted by Crippen LogP contribution is 2.43. The molecule has 0 aromatic heterocycles. The predicted octanol–water partition coefficient (Wildman–Crippen LogP) is 6.26. The number of rotatable bonds is 10. The van der Waals surface area contributed by atoms with Crippen LogP contribution in [-0.2, 0) is 26.1 Å². The summed E-state index contributed by atoms with van der Waals surface area (Å²) in [6.07, 6.45) is -1.36. The number of aliphatic hydroxyl groups is 1. The summed E-state index contributed by atoms with van der Waals surface area (Å²) in [5, 5.41) is 18.7. The highest BCUT2D eigenvalue weighted by atomic mass is 32.2. The fourth-order valence-electron chi connectivity index (χ4n) is 4.74. The van der Waals surface area contributed by atoms with E-state index in [1.54, 1.807) is 72.4 Å². The van der Waals surface area contributed by atoms with E-state index in [2.05, 4.69) is 11.6 Å². The SMILES string of the molecule is C[C@H]1[C@@H](CSc2ccc(C(=O)O)cc2)O[C@@H](c2cccc(NS(=O)(=O)c3ccccc3)c2)O[C@H]1c1ccc(CO)cc1. The minimum atomic E-state index is -3.78. The molecule has 1 fully saturated rings. The monoisotopic (exact) mass is 605 g/mol. The van der Waals surface area contributed by atoms with E-state index in [0.29, 0.717) is 17.0 Å². The summed E-state index contributed by atoms with van der Waals surface area (Å²) < 4.78 is 41.5. The van der Waals surface area contributed by atoms with Gasteiger partial charge in [0.15, 0.2) is 6.29 Å². The van der Waals surface area contributed by atoms with E-state index in [0.717, 1.165) is 16.0 Å². The molecule has 0 bridgehead atoms. The molecule has 4 aromatic carbocycles. The standard InChI is InChI=1S/C32H31NO7S2/c1-21-29(20-41-27-16-14-24(15-17-27)31(35)36)39-32(40-30(21)23-12-10-22(19-34)11-13-23)25-6-5-7-26(18-25)33-42(37,38)28-8-3-2-4-9-28/h2-18,21,29-30,32-34H,19-20H2,1H3,(H,35,36)/t21-,29+,30+,32+/m0/s1. The normalized spacial score (nSPS) is 20.6. The zero-order chi connectivity index (χ0) is 29.7. The summed E-state index contributed by atoms with van der Waals surface area (Å²) in [5.41, 5.74) is 3.01. The number of ether oxygens (including phenoxy) is 2. The molecule has 4 aromatic rings. The molecule has 0 aliphatic carbocycles. The molecule has 1 saturated heterocycles. The topological polar surface area (TPSA) is 122 Å². The number of aromatic carboxylic acids is 1. The van der Waals surface area contributed by atoms with Crippen molar-refractivity contribution in [3.05, 3.63) is 125 Å². The van der Waals surface area contributed by atoms with Crippen LogP contribution in [0.15, 0.2) is 113 Å². The lowest BCUT2D eigenvalue weighted by molar-refractivity contribution is -0.268. The summed E-state index contributed by atoms with van der Waals surface area (Å²) in [4.78, 5) is 12.3. The van der Waals surface area contributed by atoms with Gasteiger partial charge < -0.3 is 19.7 Å². The van der Waals surface area contributed by atoms with Crippen LogP contribution in [-0.4, -0.2) is 36.5 Å². The zero-order valence-corrected chi connectivity index (χ0v) is 24.4. The van der Waals surface area contributed by atoms with Crippen molar-refractivity contribution >= 4 is 33.4 Å². The van der Waals surface area contributed by atoms with Crippen molar-refractivity contribution in [3.8, 4) is 0 Å². The number of carboxylic acids is 1. The number of anilines is 1. The molecule has 5 rings (SSSR count). The van der Waals surface area contributed by atoms with Crippen molar-refractivity contribution in [1.82, 2.24) is 0 Å². The third-order valence-corrected chi connectivity index (χ3v) is 9.60. The van der Waals surface area contributed by atoms with Crippen molar-refractivity contribution < 1.29 is 32.9 Å². The van der Waals surface area contributed by atoms with E-state index in [9.17, 15) is 23.4 Å². The molecule has 10 heteroatoms. The third-order valence-electron chi connectivity index (χ3n) is 7.10. The molecule has 0 unspecified atom stereocenters. The first-order chi connectivity index (χ1) is 20.2. The quantitative estimate of drug-likeness (QED) is 0.181. The van der Waals surface area contributed by atoms with Gasteiger partial charge in [-0.3, -0.25) is 4.72 Å². The molecule has 0 radical (unpaired) electrons. The minimum absolute atomic E-state index is 0.0493. The van der Waals surface area contributed by atoms with Gasteiger partial charge in [0, 0.05) is 27.8 Å². The fourth-order valence-corrected chi connectivity index (χ4v) is 6.88. The summed E-state index contributed by atoms with van der Waals surface area (Å²) in [6.45, 7) is 2.00. The van der Waals surface area contributed by atoms with Crippen LogP contribution in [0.3, 0.4) is 0 Å². The van der Waals surface area contributed by atoms with Crippen molar-refractivity contribution in [2.75, 3.05) is 10.5 Å². The van der Waals surface area contributed by atoms with Crippen LogP contribution in [0.25, 0.3) is 0 Å². The Hall–Kier alpha value is -3.67. The predicted molar refractivity (Wildman–Crippen MR) is 161 cm³/mol. The van der Waals surface area contributed by atoms with Gasteiger partial charge in [0.25, 0.3) is 10.0 Å². The van der Waals surface area contributed by atoms with E-state index in [1.807, 2.05) is 30.3 Å². The van der Waals surface area contributed by atoms with Gasteiger partial charge in [0.1, 0.15) is 0 Å². The molecule has 1 aliphatic rings. The molecular weight excluding hydrogens is 574 g/mol. The van der Waals surface area contributed by atoms with Gasteiger partial charge >= 0.3 is 5.97 Å². The summed E-state index contributed by atoms with van der Waals surface area (Å²) >= 11 is 1.56. The van der Waals surface area contributed by atoms with E-state index in [1.165, 1.54) is 12.1 Å². The smallest absolute Gasteiger partial charge is 0.335 e. The van der Waals surface area contributed by atoms with Crippen LogP contribution in [0.4, 0.5) is 5.69 Å². The molecule has 42 heavy (non-hydrogen) atoms. The molecule has 218 valence electrons. The highest BCUT2D eigenvalue weighted by Gasteiger charge is 2.38. The molecule has 8 nitrogen and oxygen atoms in total. The van der Waals surface area contributed by atoms with Gasteiger partial charge in [-0.2, -0.15) is 0 Å². The van der Waals surface area contributed by atoms with Crippen LogP contribution in [0.2, 0.25) is 0 Å². The Labute approximate surface area is 249 Å². The number of carboxylic acid groups (broad SMARTS) is 1. The number of carbonyl (C=O) groups is 1. The Balaban J connectivity index is 1.39. The average Bonchev–Trinajstić information content (AvgIpc) is 3.01. The zero-order valence-electron chi connectivity index (χ0n) is 22.8. The van der Waals surface area contributed by atoms with E-state index in [-0.39, 0.29) is 35.2 Å². The third kappa shape index (κ3) is 7.03. The van der Waals surface area contributed by atoms with Gasteiger partial charge in [-0.25, -0.2) is 13.2 Å². The number of aliphatic hydroxyl groups excluding tert-OH is 1. The Morgan fingerprint density at radius 2 is 1.60 bits per heavy atom. The molecular formula is C32H31NO7S2. The summed E-state index contributed by atoms with van der Waals surface area (Å²) in [5.74, 6) is -0.440. The van der Waals surface area contributed by atoms with E-state index < -0.39 is 22.3 Å². The first-order valence-corrected chi connectivity index (χ1v) is 15.8. The molecule has 4 atom stereocenters. The molecule has 1 aliphatic heterocycles. The molecule has 1 heterocycles. The summed E-state index contributed by atoms with van der Waals surface area (Å²) in [7, 11) is -3.78. The van der Waals surface area contributed by atoms with Gasteiger partial charge in [-0.15, -0.1) is 11.8 Å². The van der Waals surface area contributed by atoms with Crippen LogP contribution in [0.1, 0.15) is 46.4 Å². The lowest BCUT2D eigenvalue weighted by Gasteiger charge is -2.41. The molecule has 3 N–H and O–H groups in total. The highest BCUT2D eigenvalue weighted by molar-refractivity contribution is 7.99. The second-order valence-corrected chi connectivity index (χ2v) is 12.8. The summed E-state index contributed by atoms with van der Waals surface area (Å²) in [6, 6.07) is 29.5. The van der Waals surface area contributed by atoms with E-state index in [4.69, 9.17) is 9.47 Å². The molecule has 0 amide bonds. The molecule has 0 spiro atoms. The Kier molecular flexibility index (Phi) is 9.30. The number of nitrogens with one attached hydrogen (secondary N) is 1. The van der Waals surface area contributed by atoms with E-state index >= 15 is 0 Å². The van der Waals surface area contributed by atoms with Gasteiger partial charge in [-0.05, 0) is 59.7 Å². The van der Waals surface area contributed by atoms with Crippen molar-refractivity contribution in [2.45, 2.75) is 41.8 Å². The van der Waals surface area contributed by atoms with Gasteiger partial charge in [0.05, 0.1) is 29.3 Å². The van der Waals surface area contributed by atoms with Crippen molar-refractivity contribution in [3.63, 3.8) is 0 Å². The minimum Gasteiger partial charge on any atom is -0.478 e. The number of hydrogen-bond donors (Lipinski definition) is 3. The number of sulfonamides is 1. The van der Waals surface area contributed by atoms with Crippen molar-refractivity contribution in [2.24, 2.45) is 5.92 Å². The maximum atomic E-state index is 12.9. The van der Waals surface area contributed by atoms with Crippen LogP contribution in [0.5, 0.6) is 0 Å². The number of thioether (sulfide) groups is 1. The van der Waals surface area contributed by atoms with Gasteiger partial charge in [-0.1, -0.05) is 61.5 Å². The lowest BCUT2D eigenvalue weighted by Crippen LogP contribution is -2.38. The Bertz CT molecular complexity index is 1610. The van der Waals surface area contributed by atoms with Crippen LogP contribution >= 0.6 is 11.8 Å². The van der Waals surface area contributed by atoms with Gasteiger partial charge in [0.2, 0.25) is 0 Å². The number of hydrogen-bond acceptors (Lipinski definition) is 7. The van der Waals surface area contributed by atoms with Crippen LogP contribution in [0, 0.1) is 5.92 Å². The fraction of sp³-hybridized carbons (Fsp3) is 0.219. The maximum Gasteiger partial charge on any atom is 0.335 e. The Morgan fingerprint density at radius 1 is 0.881 bits per heavy atom. The first kappa shape index (κ1) is 29.8. The van der Waals surface area contributed by atoms with Crippen molar-refractivity contribution in [1.29, 1.82) is 0 Å². The largest absolute Gasteiger partial charge is 0.478 e. The Morgan fingerprint density at radius 3 is 2.26 bits per heavy atom. The average molecular weight is 606 g/mol.